The predicted molar refractivity (Wildman–Crippen MR) is 58.9 cm³/mol. The highest BCUT2D eigenvalue weighted by Gasteiger charge is 2.07. The predicted octanol–water partition coefficient (Wildman–Crippen LogP) is 1.99. The van der Waals surface area contributed by atoms with Gasteiger partial charge >= 0.3 is 0 Å². The van der Waals surface area contributed by atoms with Crippen LogP contribution in [0, 0.1) is 6.92 Å². The highest BCUT2D eigenvalue weighted by molar-refractivity contribution is 5.79. The van der Waals surface area contributed by atoms with E-state index in [0.29, 0.717) is 0 Å². The van der Waals surface area contributed by atoms with Crippen LogP contribution < -0.4 is 5.32 Å². The molecule has 0 aliphatic carbocycles. The third-order valence-corrected chi connectivity index (χ3v) is 2.29. The highest BCUT2D eigenvalue weighted by Crippen LogP contribution is 2.17. The number of imidazole rings is 1. The Bertz CT molecular complexity index is 482. The van der Waals surface area contributed by atoms with Gasteiger partial charge in [-0.05, 0) is 19.1 Å². The van der Waals surface area contributed by atoms with Crippen molar-refractivity contribution in [3.05, 3.63) is 36.7 Å². The lowest BCUT2D eigenvalue weighted by Gasteiger charge is -2.08. The van der Waals surface area contributed by atoms with Gasteiger partial charge < -0.3 is 5.32 Å². The number of aromatic nitrogens is 2. The van der Waals surface area contributed by atoms with Crippen LogP contribution in [0.2, 0.25) is 0 Å². The summed E-state index contributed by atoms with van der Waals surface area (Å²) in [6, 6.07) is 8.03. The second kappa shape index (κ2) is 3.18. The Morgan fingerprint density at radius 2 is 2.14 bits per heavy atom. The van der Waals surface area contributed by atoms with Crippen LogP contribution in [-0.2, 0) is 0 Å². The number of nitrogens with zero attached hydrogens (tertiary/aromatic N) is 2. The standard InChI is InChI=1S/C11H13N3/c1-8(12-3)14-9(2)13-10-6-4-5-7-11(10)14/h4-7,12H,1H2,2-3H3. The fraction of sp³-hybridized carbons (Fsp3) is 0.182. The Morgan fingerprint density at radius 3 is 2.86 bits per heavy atom. The molecule has 1 N–H and O–H groups in total. The van der Waals surface area contributed by atoms with E-state index in [1.165, 1.54) is 0 Å². The maximum atomic E-state index is 4.44. The molecule has 72 valence electrons. The average molecular weight is 187 g/mol. The van der Waals surface area contributed by atoms with Gasteiger partial charge in [0.1, 0.15) is 11.6 Å². The Hall–Kier alpha value is -1.77. The van der Waals surface area contributed by atoms with Crippen molar-refractivity contribution < 1.29 is 0 Å². The first-order valence-corrected chi connectivity index (χ1v) is 4.55. The minimum atomic E-state index is 0.844. The molecule has 1 aromatic heterocycles. The third-order valence-electron chi connectivity index (χ3n) is 2.29. The Balaban J connectivity index is 2.74. The first-order valence-electron chi connectivity index (χ1n) is 4.55. The van der Waals surface area contributed by atoms with Crippen LogP contribution in [0.5, 0.6) is 0 Å². The molecule has 0 spiro atoms. The largest absolute Gasteiger partial charge is 0.375 e. The fourth-order valence-electron chi connectivity index (χ4n) is 1.60. The zero-order valence-corrected chi connectivity index (χ0v) is 8.41. The van der Waals surface area contributed by atoms with Gasteiger partial charge in [-0.1, -0.05) is 18.7 Å². The van der Waals surface area contributed by atoms with E-state index in [2.05, 4.69) is 16.9 Å². The quantitative estimate of drug-likeness (QED) is 0.779. The maximum Gasteiger partial charge on any atom is 0.112 e. The van der Waals surface area contributed by atoms with Crippen molar-refractivity contribution in [2.75, 3.05) is 7.05 Å². The zero-order chi connectivity index (χ0) is 10.1. The van der Waals surface area contributed by atoms with Gasteiger partial charge in [0, 0.05) is 7.05 Å². The highest BCUT2D eigenvalue weighted by atomic mass is 15.2. The molecule has 0 amide bonds. The molecule has 14 heavy (non-hydrogen) atoms. The topological polar surface area (TPSA) is 29.9 Å². The molecule has 0 radical (unpaired) electrons. The molecule has 3 nitrogen and oxygen atoms in total. The first-order chi connectivity index (χ1) is 6.74. The van der Waals surface area contributed by atoms with Crippen LogP contribution in [0.1, 0.15) is 5.82 Å². The number of hydrogen-bond donors (Lipinski definition) is 1. The van der Waals surface area contributed by atoms with E-state index in [1.807, 2.05) is 42.8 Å². The molecule has 0 bridgehead atoms. The summed E-state index contributed by atoms with van der Waals surface area (Å²) in [5.41, 5.74) is 2.09. The van der Waals surface area contributed by atoms with E-state index in [-0.39, 0.29) is 0 Å². The number of fused-ring (bicyclic) bond motifs is 1. The van der Waals surface area contributed by atoms with E-state index >= 15 is 0 Å². The molecule has 0 saturated carbocycles. The van der Waals surface area contributed by atoms with Crippen LogP contribution in [0.4, 0.5) is 0 Å². The van der Waals surface area contributed by atoms with Crippen molar-refractivity contribution in [2.24, 2.45) is 0 Å². The SMILES string of the molecule is C=C(NC)n1c(C)nc2ccccc21. The molecule has 2 aromatic rings. The molecule has 0 saturated heterocycles. The number of hydrogen-bond acceptors (Lipinski definition) is 2. The van der Waals surface area contributed by atoms with Crippen molar-refractivity contribution in [3.63, 3.8) is 0 Å². The average Bonchev–Trinajstić information content (AvgIpc) is 2.53. The zero-order valence-electron chi connectivity index (χ0n) is 8.41. The number of nitrogens with one attached hydrogen (secondary N) is 1. The molecule has 0 aliphatic heterocycles. The monoisotopic (exact) mass is 187 g/mol. The fourth-order valence-corrected chi connectivity index (χ4v) is 1.60. The smallest absolute Gasteiger partial charge is 0.112 e. The molecule has 1 aromatic carbocycles. The number of para-hydroxylation sites is 2. The van der Waals surface area contributed by atoms with Gasteiger partial charge in [-0.3, -0.25) is 4.57 Å². The lowest BCUT2D eigenvalue weighted by molar-refractivity contribution is 0.933. The second-order valence-electron chi connectivity index (χ2n) is 3.18. The van der Waals surface area contributed by atoms with Gasteiger partial charge in [-0.25, -0.2) is 4.98 Å². The van der Waals surface area contributed by atoms with Gasteiger partial charge in [0.15, 0.2) is 0 Å². The Morgan fingerprint density at radius 1 is 1.43 bits per heavy atom. The number of aryl methyl sites for hydroxylation is 1. The van der Waals surface area contributed by atoms with Crippen LogP contribution in [-0.4, -0.2) is 16.6 Å². The van der Waals surface area contributed by atoms with Crippen LogP contribution >= 0.6 is 0 Å². The van der Waals surface area contributed by atoms with E-state index in [9.17, 15) is 0 Å². The van der Waals surface area contributed by atoms with Crippen LogP contribution in [0.25, 0.3) is 16.9 Å². The maximum absolute atomic E-state index is 4.44. The molecule has 0 aliphatic rings. The van der Waals surface area contributed by atoms with Gasteiger partial charge in [-0.15, -0.1) is 0 Å². The van der Waals surface area contributed by atoms with Gasteiger partial charge in [0.05, 0.1) is 11.0 Å². The summed E-state index contributed by atoms with van der Waals surface area (Å²) in [5, 5.41) is 3.03. The molecule has 0 unspecified atom stereocenters. The molecule has 3 heteroatoms. The summed E-state index contributed by atoms with van der Waals surface area (Å²) >= 11 is 0. The van der Waals surface area contributed by atoms with Crippen LogP contribution in [0.3, 0.4) is 0 Å². The number of rotatable bonds is 2. The van der Waals surface area contributed by atoms with Gasteiger partial charge in [0.25, 0.3) is 0 Å². The lowest BCUT2D eigenvalue weighted by atomic mass is 10.3. The molecular weight excluding hydrogens is 174 g/mol. The molecular formula is C11H13N3. The van der Waals surface area contributed by atoms with E-state index in [0.717, 1.165) is 22.7 Å². The second-order valence-corrected chi connectivity index (χ2v) is 3.18. The lowest BCUT2D eigenvalue weighted by Crippen LogP contribution is -2.11. The molecule has 2 rings (SSSR count). The first kappa shape index (κ1) is 8.81. The summed E-state index contributed by atoms with van der Waals surface area (Å²) in [4.78, 5) is 4.44. The summed E-state index contributed by atoms with van der Waals surface area (Å²) in [6.07, 6.45) is 0. The van der Waals surface area contributed by atoms with E-state index < -0.39 is 0 Å². The normalized spacial score (nSPS) is 10.4. The molecule has 1 heterocycles. The minimum Gasteiger partial charge on any atom is -0.375 e. The van der Waals surface area contributed by atoms with E-state index in [4.69, 9.17) is 0 Å². The third kappa shape index (κ3) is 1.18. The number of benzene rings is 1. The summed E-state index contributed by atoms with van der Waals surface area (Å²) < 4.78 is 2.01. The van der Waals surface area contributed by atoms with Gasteiger partial charge in [0.2, 0.25) is 0 Å². The van der Waals surface area contributed by atoms with Crippen molar-refractivity contribution >= 4 is 16.9 Å². The van der Waals surface area contributed by atoms with Crippen molar-refractivity contribution in [2.45, 2.75) is 6.92 Å². The van der Waals surface area contributed by atoms with Crippen molar-refractivity contribution in [1.29, 1.82) is 0 Å². The van der Waals surface area contributed by atoms with E-state index in [1.54, 1.807) is 0 Å². The summed E-state index contributed by atoms with van der Waals surface area (Å²) in [6.45, 7) is 5.91. The van der Waals surface area contributed by atoms with Gasteiger partial charge in [-0.2, -0.15) is 0 Å². The Labute approximate surface area is 83.1 Å². The molecule has 0 fully saturated rings. The Kier molecular flexibility index (Phi) is 2.00. The minimum absolute atomic E-state index is 0.844. The molecule has 0 atom stereocenters. The summed E-state index contributed by atoms with van der Waals surface area (Å²) in [5.74, 6) is 1.79. The summed E-state index contributed by atoms with van der Waals surface area (Å²) in [7, 11) is 1.86. The van der Waals surface area contributed by atoms with Crippen molar-refractivity contribution in [3.8, 4) is 0 Å². The van der Waals surface area contributed by atoms with Crippen LogP contribution in [0.15, 0.2) is 30.8 Å². The van der Waals surface area contributed by atoms with Crippen molar-refractivity contribution in [1.82, 2.24) is 14.9 Å².